The molecule has 1 heterocycles. The van der Waals surface area contributed by atoms with E-state index in [2.05, 4.69) is 15.9 Å². The van der Waals surface area contributed by atoms with Crippen LogP contribution in [0.2, 0.25) is 0 Å². The van der Waals surface area contributed by atoms with Crippen molar-refractivity contribution in [2.75, 3.05) is 29.5 Å². The average molecular weight is 346 g/mol. The minimum Gasteiger partial charge on any atom is -0.384 e. The van der Waals surface area contributed by atoms with Crippen molar-refractivity contribution < 1.29 is 8.42 Å². The van der Waals surface area contributed by atoms with Gasteiger partial charge >= 0.3 is 0 Å². The van der Waals surface area contributed by atoms with E-state index in [9.17, 15) is 8.42 Å². The second-order valence-electron chi connectivity index (χ2n) is 4.57. The van der Waals surface area contributed by atoms with Crippen LogP contribution in [0.3, 0.4) is 0 Å². The first-order chi connectivity index (χ1) is 8.89. The number of anilines is 1. The SMILES string of the molecule is N=C(N)c1ccc(Br)cc1N1CCCS(=O)(=O)CC1. The Hall–Kier alpha value is -1.08. The van der Waals surface area contributed by atoms with Crippen molar-refractivity contribution in [1.82, 2.24) is 0 Å². The van der Waals surface area contributed by atoms with Crippen molar-refractivity contribution in [2.45, 2.75) is 6.42 Å². The molecule has 19 heavy (non-hydrogen) atoms. The fourth-order valence-corrected chi connectivity index (χ4v) is 3.79. The van der Waals surface area contributed by atoms with Gasteiger partial charge in [0.1, 0.15) is 5.84 Å². The Morgan fingerprint density at radius 2 is 2.05 bits per heavy atom. The number of amidine groups is 1. The normalized spacial score (nSPS) is 18.9. The van der Waals surface area contributed by atoms with Crippen LogP contribution >= 0.6 is 15.9 Å². The molecule has 1 aromatic carbocycles. The first-order valence-electron chi connectivity index (χ1n) is 5.98. The largest absolute Gasteiger partial charge is 0.384 e. The van der Waals surface area contributed by atoms with Crippen LogP contribution in [0.5, 0.6) is 0 Å². The van der Waals surface area contributed by atoms with Gasteiger partial charge in [-0.1, -0.05) is 15.9 Å². The molecule has 1 saturated heterocycles. The van der Waals surface area contributed by atoms with Crippen LogP contribution in [0.1, 0.15) is 12.0 Å². The van der Waals surface area contributed by atoms with E-state index in [-0.39, 0.29) is 17.3 Å². The monoisotopic (exact) mass is 345 g/mol. The van der Waals surface area contributed by atoms with Gasteiger partial charge in [0, 0.05) is 28.8 Å². The minimum absolute atomic E-state index is 0.00500. The van der Waals surface area contributed by atoms with Gasteiger partial charge in [0.05, 0.1) is 11.5 Å². The van der Waals surface area contributed by atoms with Crippen molar-refractivity contribution in [3.63, 3.8) is 0 Å². The number of nitrogens with zero attached hydrogens (tertiary/aromatic N) is 1. The van der Waals surface area contributed by atoms with Crippen LogP contribution < -0.4 is 10.6 Å². The number of nitrogens with two attached hydrogens (primary N) is 1. The van der Waals surface area contributed by atoms with Crippen LogP contribution in [-0.4, -0.2) is 38.8 Å². The topological polar surface area (TPSA) is 87.2 Å². The second-order valence-corrected chi connectivity index (χ2v) is 7.79. The molecule has 0 unspecified atom stereocenters. The van der Waals surface area contributed by atoms with Gasteiger partial charge in [0.15, 0.2) is 9.84 Å². The van der Waals surface area contributed by atoms with Crippen LogP contribution in [0.15, 0.2) is 22.7 Å². The molecule has 0 aliphatic carbocycles. The van der Waals surface area contributed by atoms with E-state index >= 15 is 0 Å². The zero-order chi connectivity index (χ0) is 14.0. The number of nitrogen functional groups attached to an aromatic ring is 1. The molecule has 1 aromatic rings. The van der Waals surface area contributed by atoms with Gasteiger partial charge in [-0.3, -0.25) is 5.41 Å². The third-order valence-electron chi connectivity index (χ3n) is 3.15. The summed E-state index contributed by atoms with van der Waals surface area (Å²) < 4.78 is 24.1. The highest BCUT2D eigenvalue weighted by atomic mass is 79.9. The standard InChI is InChI=1S/C12H16BrN3O2S/c13-9-2-3-10(12(14)15)11(8-9)16-4-1-6-19(17,18)7-5-16/h2-3,8H,1,4-7H2,(H3,14,15). The molecule has 7 heteroatoms. The molecule has 0 bridgehead atoms. The third kappa shape index (κ3) is 3.48. The molecule has 0 saturated carbocycles. The first kappa shape index (κ1) is 14.3. The summed E-state index contributed by atoms with van der Waals surface area (Å²) >= 11 is 3.40. The number of nitrogens with one attached hydrogen (secondary N) is 1. The molecule has 3 N–H and O–H groups in total. The molecule has 1 aliphatic heterocycles. The summed E-state index contributed by atoms with van der Waals surface area (Å²) in [7, 11) is -2.94. The van der Waals surface area contributed by atoms with E-state index in [1.165, 1.54) is 0 Å². The summed E-state index contributed by atoms with van der Waals surface area (Å²) in [5, 5.41) is 7.62. The van der Waals surface area contributed by atoms with E-state index in [0.29, 0.717) is 25.1 Å². The Bertz CT molecular complexity index is 601. The lowest BCUT2D eigenvalue weighted by atomic mass is 10.1. The molecular weight excluding hydrogens is 330 g/mol. The summed E-state index contributed by atoms with van der Waals surface area (Å²) in [4.78, 5) is 1.99. The highest BCUT2D eigenvalue weighted by molar-refractivity contribution is 9.10. The Morgan fingerprint density at radius 1 is 1.32 bits per heavy atom. The lowest BCUT2D eigenvalue weighted by Crippen LogP contribution is -2.29. The maximum Gasteiger partial charge on any atom is 0.152 e. The van der Waals surface area contributed by atoms with E-state index in [4.69, 9.17) is 11.1 Å². The summed E-state index contributed by atoms with van der Waals surface area (Å²) in [6.45, 7) is 1.11. The van der Waals surface area contributed by atoms with Crippen molar-refractivity contribution in [2.24, 2.45) is 5.73 Å². The molecule has 5 nitrogen and oxygen atoms in total. The van der Waals surface area contributed by atoms with E-state index < -0.39 is 9.84 Å². The van der Waals surface area contributed by atoms with Crippen LogP contribution in [0.25, 0.3) is 0 Å². The van der Waals surface area contributed by atoms with Gasteiger partial charge in [-0.05, 0) is 24.6 Å². The van der Waals surface area contributed by atoms with Crippen LogP contribution in [0, 0.1) is 5.41 Å². The lowest BCUT2D eigenvalue weighted by Gasteiger charge is -2.24. The Kier molecular flexibility index (Phi) is 4.15. The predicted octanol–water partition coefficient (Wildman–Crippen LogP) is 1.36. The highest BCUT2D eigenvalue weighted by Gasteiger charge is 2.21. The smallest absolute Gasteiger partial charge is 0.152 e. The molecule has 0 atom stereocenters. The van der Waals surface area contributed by atoms with E-state index in [0.717, 1.165) is 10.2 Å². The maximum absolute atomic E-state index is 11.6. The first-order valence-corrected chi connectivity index (χ1v) is 8.60. The number of halogens is 1. The van der Waals surface area contributed by atoms with Gasteiger partial charge in [0.25, 0.3) is 0 Å². The Labute approximate surface area is 121 Å². The molecule has 104 valence electrons. The predicted molar refractivity (Wildman–Crippen MR) is 80.6 cm³/mol. The van der Waals surface area contributed by atoms with Gasteiger partial charge < -0.3 is 10.6 Å². The van der Waals surface area contributed by atoms with Gasteiger partial charge in [-0.2, -0.15) is 0 Å². The number of benzene rings is 1. The lowest BCUT2D eigenvalue weighted by molar-refractivity contribution is 0.597. The number of sulfone groups is 1. The van der Waals surface area contributed by atoms with E-state index in [1.807, 2.05) is 17.0 Å². The summed E-state index contributed by atoms with van der Waals surface area (Å²) in [5.74, 6) is 0.374. The zero-order valence-corrected chi connectivity index (χ0v) is 12.8. The number of hydrogen-bond donors (Lipinski definition) is 2. The molecule has 0 spiro atoms. The van der Waals surface area contributed by atoms with Crippen molar-refractivity contribution >= 4 is 37.3 Å². The van der Waals surface area contributed by atoms with Crippen molar-refractivity contribution in [1.29, 1.82) is 5.41 Å². The van der Waals surface area contributed by atoms with Gasteiger partial charge in [-0.25, -0.2) is 8.42 Å². The minimum atomic E-state index is -2.94. The summed E-state index contributed by atoms with van der Waals surface area (Å²) in [6, 6.07) is 5.49. The Morgan fingerprint density at radius 3 is 2.74 bits per heavy atom. The maximum atomic E-state index is 11.6. The molecule has 1 fully saturated rings. The molecule has 0 amide bonds. The molecule has 1 aliphatic rings. The molecule has 0 radical (unpaired) electrons. The second kappa shape index (κ2) is 5.50. The third-order valence-corrected chi connectivity index (χ3v) is 5.35. The summed E-state index contributed by atoms with van der Waals surface area (Å²) in [5.41, 5.74) is 7.05. The van der Waals surface area contributed by atoms with E-state index in [1.54, 1.807) is 6.07 Å². The fraction of sp³-hybridized carbons (Fsp3) is 0.417. The number of hydrogen-bond acceptors (Lipinski definition) is 4. The van der Waals surface area contributed by atoms with Crippen molar-refractivity contribution in [3.05, 3.63) is 28.2 Å². The quantitative estimate of drug-likeness (QED) is 0.625. The molecular formula is C12H16BrN3O2S. The Balaban J connectivity index is 2.35. The average Bonchev–Trinajstić information content (AvgIpc) is 2.49. The van der Waals surface area contributed by atoms with Crippen LogP contribution in [-0.2, 0) is 9.84 Å². The zero-order valence-electron chi connectivity index (χ0n) is 10.4. The number of rotatable bonds is 2. The highest BCUT2D eigenvalue weighted by Crippen LogP contribution is 2.26. The van der Waals surface area contributed by atoms with Gasteiger partial charge in [0.2, 0.25) is 0 Å². The van der Waals surface area contributed by atoms with Gasteiger partial charge in [-0.15, -0.1) is 0 Å². The molecule has 0 aromatic heterocycles. The molecule has 2 rings (SSSR count). The fourth-order valence-electron chi connectivity index (χ4n) is 2.17. The summed E-state index contributed by atoms with van der Waals surface area (Å²) in [6.07, 6.45) is 0.603. The van der Waals surface area contributed by atoms with Crippen LogP contribution in [0.4, 0.5) is 5.69 Å². The van der Waals surface area contributed by atoms with Crippen molar-refractivity contribution in [3.8, 4) is 0 Å².